The second-order valence-corrected chi connectivity index (χ2v) is 9.94. The van der Waals surface area contributed by atoms with Gasteiger partial charge in [0, 0.05) is 11.4 Å². The lowest BCUT2D eigenvalue weighted by atomic mass is 10.1. The molecule has 0 saturated heterocycles. The zero-order chi connectivity index (χ0) is 27.5. The molecule has 2 atom stereocenters. The molecule has 0 aliphatic rings. The van der Waals surface area contributed by atoms with E-state index in [0.717, 1.165) is 16.9 Å². The number of nitrogens with zero attached hydrogens (tertiary/aromatic N) is 1. The van der Waals surface area contributed by atoms with Crippen molar-refractivity contribution in [2.24, 2.45) is 11.0 Å². The van der Waals surface area contributed by atoms with Gasteiger partial charge in [-0.15, -0.1) is 0 Å². The maximum atomic E-state index is 13.0. The summed E-state index contributed by atoms with van der Waals surface area (Å²) in [4.78, 5) is 25.9. The molecule has 3 aromatic rings. The fourth-order valence-electron chi connectivity index (χ4n) is 3.32. The molecule has 0 heterocycles. The zero-order valence-corrected chi connectivity index (χ0v) is 23.0. The molecule has 2 amide bonds. The van der Waals surface area contributed by atoms with Crippen LogP contribution in [0.2, 0.25) is 10.0 Å². The van der Waals surface area contributed by atoms with E-state index >= 15 is 0 Å². The first kappa shape index (κ1) is 29.0. The molecule has 7 nitrogen and oxygen atoms in total. The predicted molar refractivity (Wildman–Crippen MR) is 151 cm³/mol. The number of halogens is 2. The van der Waals surface area contributed by atoms with Crippen molar-refractivity contribution in [3.63, 3.8) is 0 Å². The molecule has 0 aromatic heterocycles. The molecule has 0 radical (unpaired) electrons. The number of hydrogen-bond acceptors (Lipinski definition) is 5. The van der Waals surface area contributed by atoms with E-state index in [4.69, 9.17) is 32.7 Å². The summed E-state index contributed by atoms with van der Waals surface area (Å²) in [5.41, 5.74) is 4.19. The minimum atomic E-state index is -0.917. The van der Waals surface area contributed by atoms with Crippen LogP contribution < -0.4 is 20.2 Å². The highest BCUT2D eigenvalue weighted by atomic mass is 35.5. The van der Waals surface area contributed by atoms with E-state index < -0.39 is 24.0 Å². The van der Waals surface area contributed by atoms with Gasteiger partial charge in [-0.2, -0.15) is 5.10 Å². The Balaban J connectivity index is 1.63. The maximum Gasteiger partial charge on any atom is 0.262 e. The molecule has 3 rings (SSSR count). The van der Waals surface area contributed by atoms with E-state index in [9.17, 15) is 9.59 Å². The topological polar surface area (TPSA) is 89.0 Å². The van der Waals surface area contributed by atoms with Crippen LogP contribution in [0.5, 0.6) is 11.5 Å². The lowest BCUT2D eigenvalue weighted by Crippen LogP contribution is -2.50. The van der Waals surface area contributed by atoms with Crippen LogP contribution in [-0.2, 0) is 16.0 Å². The molecule has 200 valence electrons. The van der Waals surface area contributed by atoms with Crippen LogP contribution in [0.25, 0.3) is 0 Å². The first-order valence-corrected chi connectivity index (χ1v) is 13.0. The van der Waals surface area contributed by atoms with Crippen LogP contribution in [0.4, 0.5) is 0 Å². The Kier molecular flexibility index (Phi) is 11.0. The van der Waals surface area contributed by atoms with E-state index in [0.29, 0.717) is 23.3 Å². The van der Waals surface area contributed by atoms with Crippen molar-refractivity contribution >= 4 is 41.2 Å². The van der Waals surface area contributed by atoms with Crippen molar-refractivity contribution in [2.45, 2.75) is 39.3 Å². The summed E-state index contributed by atoms with van der Waals surface area (Å²) >= 11 is 12.1. The van der Waals surface area contributed by atoms with Gasteiger partial charge in [0.1, 0.15) is 17.5 Å². The Morgan fingerprint density at radius 1 is 0.947 bits per heavy atom. The third kappa shape index (κ3) is 9.39. The molecule has 0 spiro atoms. The summed E-state index contributed by atoms with van der Waals surface area (Å²) in [5, 5.41) is 7.57. The Morgan fingerprint density at radius 2 is 1.66 bits per heavy atom. The largest absolute Gasteiger partial charge is 0.493 e. The fraction of sp³-hybridized carbons (Fsp3) is 0.276. The summed E-state index contributed by atoms with van der Waals surface area (Å²) in [7, 11) is 0. The van der Waals surface area contributed by atoms with Gasteiger partial charge in [-0.25, -0.2) is 5.43 Å². The van der Waals surface area contributed by atoms with Gasteiger partial charge in [0.25, 0.3) is 11.8 Å². The first-order valence-electron chi connectivity index (χ1n) is 12.2. The monoisotopic (exact) mass is 555 g/mol. The van der Waals surface area contributed by atoms with E-state index in [2.05, 4.69) is 29.7 Å². The highest BCUT2D eigenvalue weighted by Gasteiger charge is 2.25. The van der Waals surface area contributed by atoms with Crippen LogP contribution in [0.3, 0.4) is 0 Å². The number of amides is 2. The average Bonchev–Trinajstić information content (AvgIpc) is 2.89. The number of carbonyl (C=O) groups is 2. The van der Waals surface area contributed by atoms with Gasteiger partial charge >= 0.3 is 0 Å². The number of hydrazone groups is 1. The second-order valence-electron chi connectivity index (χ2n) is 9.09. The summed E-state index contributed by atoms with van der Waals surface area (Å²) < 4.78 is 11.4. The Bertz CT molecular complexity index is 1230. The van der Waals surface area contributed by atoms with Gasteiger partial charge in [-0.3, -0.25) is 9.59 Å². The van der Waals surface area contributed by atoms with Gasteiger partial charge in [0.05, 0.1) is 17.8 Å². The van der Waals surface area contributed by atoms with Gasteiger partial charge in [0.15, 0.2) is 6.10 Å². The molecule has 3 aromatic carbocycles. The summed E-state index contributed by atoms with van der Waals surface area (Å²) in [6, 6.07) is 20.6. The molecule has 0 bridgehead atoms. The molecule has 0 fully saturated rings. The van der Waals surface area contributed by atoms with Gasteiger partial charge in [0.2, 0.25) is 0 Å². The summed E-state index contributed by atoms with van der Waals surface area (Å²) in [6.45, 7) is 6.37. The van der Waals surface area contributed by atoms with Crippen LogP contribution in [0.1, 0.15) is 31.9 Å². The number of carbonyl (C=O) groups excluding carboxylic acids is 2. The molecule has 2 N–H and O–H groups in total. The summed E-state index contributed by atoms with van der Waals surface area (Å²) in [5.74, 6) is 0.565. The SMILES string of the molecule is CC(C)COc1ccc(/C=N\NC(=O)[C@H](Cc2ccccc2)NC(=O)[C@H](C)Oc2ccc(Cl)cc2Cl)cc1. The Hall–Kier alpha value is -3.55. The van der Waals surface area contributed by atoms with Crippen molar-refractivity contribution < 1.29 is 19.1 Å². The highest BCUT2D eigenvalue weighted by molar-refractivity contribution is 6.35. The first-order chi connectivity index (χ1) is 18.2. The molecule has 0 aliphatic carbocycles. The molecule has 0 unspecified atom stereocenters. The van der Waals surface area contributed by atoms with Crippen molar-refractivity contribution in [1.29, 1.82) is 0 Å². The van der Waals surface area contributed by atoms with Crippen molar-refractivity contribution in [2.75, 3.05) is 6.61 Å². The smallest absolute Gasteiger partial charge is 0.262 e. The number of rotatable bonds is 12. The third-order valence-corrected chi connectivity index (χ3v) is 5.86. The average molecular weight is 556 g/mol. The Labute approximate surface area is 233 Å². The highest BCUT2D eigenvalue weighted by Crippen LogP contribution is 2.28. The van der Waals surface area contributed by atoms with Crippen molar-refractivity contribution in [3.05, 3.63) is 94.0 Å². The third-order valence-electron chi connectivity index (χ3n) is 5.33. The van der Waals surface area contributed by atoms with Gasteiger partial charge in [-0.05, 0) is 66.4 Å². The van der Waals surface area contributed by atoms with E-state index in [1.54, 1.807) is 19.1 Å². The zero-order valence-electron chi connectivity index (χ0n) is 21.5. The van der Waals surface area contributed by atoms with Crippen LogP contribution >= 0.6 is 23.2 Å². The van der Waals surface area contributed by atoms with Crippen LogP contribution in [0, 0.1) is 5.92 Å². The van der Waals surface area contributed by atoms with E-state index in [1.165, 1.54) is 12.3 Å². The normalized spacial score (nSPS) is 12.7. The lowest BCUT2D eigenvalue weighted by Gasteiger charge is -2.21. The predicted octanol–water partition coefficient (Wildman–Crippen LogP) is 5.67. The van der Waals surface area contributed by atoms with Crippen LogP contribution in [-0.4, -0.2) is 36.8 Å². The Morgan fingerprint density at radius 3 is 2.32 bits per heavy atom. The maximum absolute atomic E-state index is 13.0. The van der Waals surface area contributed by atoms with Gasteiger partial charge in [-0.1, -0.05) is 67.4 Å². The molecule has 9 heteroatoms. The van der Waals surface area contributed by atoms with Gasteiger partial charge < -0.3 is 14.8 Å². The molecular formula is C29H31Cl2N3O4. The summed E-state index contributed by atoms with van der Waals surface area (Å²) in [6.07, 6.45) is 0.879. The van der Waals surface area contributed by atoms with Crippen molar-refractivity contribution in [3.8, 4) is 11.5 Å². The molecular weight excluding hydrogens is 525 g/mol. The lowest BCUT2D eigenvalue weighted by molar-refractivity contribution is -0.132. The number of nitrogens with one attached hydrogen (secondary N) is 2. The van der Waals surface area contributed by atoms with Crippen LogP contribution in [0.15, 0.2) is 77.9 Å². The standard InChI is InChI=1S/C29H31Cl2N3O4/c1-19(2)18-37-24-12-9-22(10-13-24)17-32-34-29(36)26(15-21-7-5-4-6-8-21)33-28(35)20(3)38-27-14-11-23(30)16-25(27)31/h4-14,16-17,19-20,26H,15,18H2,1-3H3,(H,33,35)(H,34,36)/b32-17-/t20-,26-/m0/s1. The number of ether oxygens (including phenoxy) is 2. The minimum absolute atomic E-state index is 0.268. The van der Waals surface area contributed by atoms with E-state index in [-0.39, 0.29) is 11.4 Å². The van der Waals surface area contributed by atoms with Crippen molar-refractivity contribution in [1.82, 2.24) is 10.7 Å². The van der Waals surface area contributed by atoms with E-state index in [1.807, 2.05) is 54.6 Å². The molecule has 0 saturated carbocycles. The second kappa shape index (κ2) is 14.4. The fourth-order valence-corrected chi connectivity index (χ4v) is 3.78. The molecule has 0 aliphatic heterocycles. The minimum Gasteiger partial charge on any atom is -0.493 e. The number of benzene rings is 3. The molecule has 38 heavy (non-hydrogen) atoms. The number of hydrogen-bond donors (Lipinski definition) is 2. The quantitative estimate of drug-likeness (QED) is 0.222.